The summed E-state index contributed by atoms with van der Waals surface area (Å²) >= 11 is 12.6. The van der Waals surface area contributed by atoms with Crippen molar-refractivity contribution >= 4 is 29.0 Å². The van der Waals surface area contributed by atoms with E-state index >= 15 is 0 Å². The zero-order chi connectivity index (χ0) is 20.8. The molecule has 1 saturated carbocycles. The Morgan fingerprint density at radius 3 is 2.67 bits per heavy atom. The average Bonchev–Trinajstić information content (AvgIpc) is 3.25. The number of ketones is 1. The molecule has 1 aromatic heterocycles. The van der Waals surface area contributed by atoms with E-state index in [1.165, 1.54) is 30.4 Å². The smallest absolute Gasteiger partial charge is 0.183 e. The fourth-order valence-corrected chi connectivity index (χ4v) is 5.47. The van der Waals surface area contributed by atoms with E-state index in [1.54, 1.807) is 6.07 Å². The highest BCUT2D eigenvalue weighted by molar-refractivity contribution is 6.35. The van der Waals surface area contributed by atoms with Crippen LogP contribution in [0.5, 0.6) is 0 Å². The second-order valence-electron chi connectivity index (χ2n) is 8.65. The summed E-state index contributed by atoms with van der Waals surface area (Å²) in [6, 6.07) is 11.9. The third-order valence-corrected chi connectivity index (χ3v) is 7.01. The third kappa shape index (κ3) is 3.48. The average molecular weight is 439 g/mol. The van der Waals surface area contributed by atoms with E-state index in [9.17, 15) is 4.79 Å². The Labute approximate surface area is 187 Å². The number of carbonyl (C=O) groups is 1. The number of rotatable bonds is 4. The summed E-state index contributed by atoms with van der Waals surface area (Å²) in [5.74, 6) is 0.642. The monoisotopic (exact) mass is 438 g/mol. The molecule has 2 aliphatic rings. The highest BCUT2D eigenvalue weighted by atomic mass is 35.5. The number of hydrogen-bond acceptors (Lipinski definition) is 2. The quantitative estimate of drug-likeness (QED) is 0.315. The van der Waals surface area contributed by atoms with Crippen LogP contribution in [-0.2, 0) is 6.42 Å². The zero-order valence-electron chi connectivity index (χ0n) is 17.0. The second-order valence-corrected chi connectivity index (χ2v) is 9.50. The first-order chi connectivity index (χ1) is 14.5. The van der Waals surface area contributed by atoms with E-state index in [0.717, 1.165) is 41.8 Å². The number of halogens is 2. The molecule has 0 spiro atoms. The molecule has 0 N–H and O–H groups in total. The van der Waals surface area contributed by atoms with Gasteiger partial charge in [0, 0.05) is 29.0 Å². The number of aromatic nitrogens is 2. The Hall–Kier alpha value is -2.10. The topological polar surface area (TPSA) is 34.9 Å². The first kappa shape index (κ1) is 19.8. The van der Waals surface area contributed by atoms with Gasteiger partial charge in [0.1, 0.15) is 5.69 Å². The molecular weight excluding hydrogens is 415 g/mol. The van der Waals surface area contributed by atoms with Crippen LogP contribution in [0, 0.1) is 12.8 Å². The van der Waals surface area contributed by atoms with Gasteiger partial charge in [0.25, 0.3) is 0 Å². The summed E-state index contributed by atoms with van der Waals surface area (Å²) in [6.07, 6.45) is 7.38. The van der Waals surface area contributed by atoms with E-state index in [-0.39, 0.29) is 5.78 Å². The molecule has 5 heteroatoms. The Morgan fingerprint density at radius 1 is 1.10 bits per heavy atom. The summed E-state index contributed by atoms with van der Waals surface area (Å²) in [4.78, 5) is 13.3. The molecule has 3 nitrogen and oxygen atoms in total. The molecule has 154 valence electrons. The van der Waals surface area contributed by atoms with Gasteiger partial charge in [-0.3, -0.25) is 4.79 Å². The van der Waals surface area contributed by atoms with Crippen LogP contribution in [0.4, 0.5) is 0 Å². The minimum Gasteiger partial charge on any atom is -0.292 e. The summed E-state index contributed by atoms with van der Waals surface area (Å²) < 4.78 is 1.85. The number of aryl methyl sites for hydroxylation is 1. The Morgan fingerprint density at radius 2 is 1.90 bits per heavy atom. The lowest BCUT2D eigenvalue weighted by Gasteiger charge is -2.20. The van der Waals surface area contributed by atoms with Crippen LogP contribution in [-0.4, -0.2) is 15.6 Å². The fraction of sp³-hybridized carbons (Fsp3) is 0.360. The van der Waals surface area contributed by atoms with Gasteiger partial charge in [0.15, 0.2) is 5.78 Å². The van der Waals surface area contributed by atoms with Crippen molar-refractivity contribution in [2.24, 2.45) is 5.92 Å². The maximum absolute atomic E-state index is 13.3. The predicted octanol–water partition coefficient (Wildman–Crippen LogP) is 7.21. The first-order valence-electron chi connectivity index (χ1n) is 10.7. The maximum Gasteiger partial charge on any atom is 0.183 e. The molecule has 0 aliphatic heterocycles. The van der Waals surface area contributed by atoms with Crippen molar-refractivity contribution < 1.29 is 4.79 Å². The van der Waals surface area contributed by atoms with Gasteiger partial charge < -0.3 is 0 Å². The van der Waals surface area contributed by atoms with E-state index < -0.39 is 0 Å². The molecule has 0 radical (unpaired) electrons. The molecule has 1 fully saturated rings. The van der Waals surface area contributed by atoms with Crippen molar-refractivity contribution in [3.8, 4) is 16.9 Å². The van der Waals surface area contributed by atoms with Crippen LogP contribution < -0.4 is 0 Å². The van der Waals surface area contributed by atoms with Crippen LogP contribution >= 0.6 is 23.2 Å². The molecule has 0 atom stereocenters. The van der Waals surface area contributed by atoms with Crippen molar-refractivity contribution in [2.75, 3.05) is 0 Å². The molecule has 0 bridgehead atoms. The summed E-state index contributed by atoms with van der Waals surface area (Å²) in [6.45, 7) is 2.10. The van der Waals surface area contributed by atoms with Crippen molar-refractivity contribution in [2.45, 2.75) is 51.9 Å². The molecule has 1 heterocycles. The molecule has 2 aliphatic carbocycles. The highest BCUT2D eigenvalue weighted by Crippen LogP contribution is 2.42. The molecule has 3 aromatic rings. The fourth-order valence-electron chi connectivity index (χ4n) is 4.99. The molecule has 2 aromatic carbocycles. The van der Waals surface area contributed by atoms with E-state index in [0.29, 0.717) is 28.1 Å². The van der Waals surface area contributed by atoms with Crippen LogP contribution in [0.2, 0.25) is 10.0 Å². The van der Waals surface area contributed by atoms with Crippen molar-refractivity contribution in [3.63, 3.8) is 0 Å². The van der Waals surface area contributed by atoms with E-state index in [4.69, 9.17) is 28.3 Å². The maximum atomic E-state index is 13.3. The summed E-state index contributed by atoms with van der Waals surface area (Å²) in [5, 5.41) is 5.93. The van der Waals surface area contributed by atoms with Gasteiger partial charge in [0.2, 0.25) is 0 Å². The molecule has 0 unspecified atom stereocenters. The van der Waals surface area contributed by atoms with Gasteiger partial charge in [-0.1, -0.05) is 79.1 Å². The Kier molecular flexibility index (Phi) is 5.20. The van der Waals surface area contributed by atoms with Crippen LogP contribution in [0.15, 0.2) is 36.4 Å². The number of benzene rings is 2. The van der Waals surface area contributed by atoms with Gasteiger partial charge in [0.05, 0.1) is 16.4 Å². The molecule has 0 saturated heterocycles. The van der Waals surface area contributed by atoms with Gasteiger partial charge in [-0.15, -0.1) is 0 Å². The molecular formula is C25H24Cl2N2O. The SMILES string of the molecule is Cc1ccc2c(c1)Cc1c(C(=O)CC3CCCCC3)nn(-c3ccc(Cl)cc3Cl)c1-2. The molecule has 5 rings (SSSR count). The van der Waals surface area contributed by atoms with Crippen LogP contribution in [0.25, 0.3) is 16.9 Å². The second kappa shape index (κ2) is 7.86. The lowest BCUT2D eigenvalue weighted by atomic mass is 9.85. The van der Waals surface area contributed by atoms with E-state index in [1.807, 2.05) is 16.8 Å². The van der Waals surface area contributed by atoms with Crippen LogP contribution in [0.1, 0.15) is 65.7 Å². The lowest BCUT2D eigenvalue weighted by molar-refractivity contribution is 0.0944. The minimum absolute atomic E-state index is 0.159. The number of nitrogens with zero attached hydrogens (tertiary/aromatic N) is 2. The Balaban J connectivity index is 1.61. The first-order valence-corrected chi connectivity index (χ1v) is 11.5. The normalized spacial score (nSPS) is 15.8. The Bertz CT molecular complexity index is 1140. The molecule has 0 amide bonds. The molecule has 30 heavy (non-hydrogen) atoms. The van der Waals surface area contributed by atoms with Crippen molar-refractivity contribution in [1.82, 2.24) is 9.78 Å². The number of Topliss-reactive ketones (excluding diaryl/α,β-unsaturated/α-hetero) is 1. The van der Waals surface area contributed by atoms with Crippen molar-refractivity contribution in [3.05, 3.63) is 68.8 Å². The number of hydrogen-bond donors (Lipinski definition) is 0. The van der Waals surface area contributed by atoms with E-state index in [2.05, 4.69) is 25.1 Å². The summed E-state index contributed by atoms with van der Waals surface area (Å²) in [7, 11) is 0. The predicted molar refractivity (Wildman–Crippen MR) is 122 cm³/mol. The largest absolute Gasteiger partial charge is 0.292 e. The standard InChI is InChI=1S/C25H24Cl2N2O/c1-15-7-9-19-17(11-15)13-20-24(23(30)12-16-5-3-2-4-6-16)28-29(25(19)20)22-10-8-18(26)14-21(22)27/h7-11,14,16H,2-6,12-13H2,1H3. The third-order valence-electron chi connectivity index (χ3n) is 6.47. The zero-order valence-corrected chi connectivity index (χ0v) is 18.6. The van der Waals surface area contributed by atoms with Gasteiger partial charge in [-0.25, -0.2) is 4.68 Å². The summed E-state index contributed by atoms with van der Waals surface area (Å²) in [5.41, 5.74) is 6.97. The highest BCUT2D eigenvalue weighted by Gasteiger charge is 2.32. The van der Waals surface area contributed by atoms with Gasteiger partial charge in [-0.2, -0.15) is 5.10 Å². The lowest BCUT2D eigenvalue weighted by Crippen LogP contribution is -2.14. The van der Waals surface area contributed by atoms with Crippen LogP contribution in [0.3, 0.4) is 0 Å². The van der Waals surface area contributed by atoms with Crippen molar-refractivity contribution in [1.29, 1.82) is 0 Å². The minimum atomic E-state index is 0.159. The number of carbonyl (C=O) groups excluding carboxylic acids is 1. The van der Waals surface area contributed by atoms with Gasteiger partial charge in [-0.05, 0) is 36.6 Å². The van der Waals surface area contributed by atoms with Gasteiger partial charge >= 0.3 is 0 Å². The number of fused-ring (bicyclic) bond motifs is 3.